The summed E-state index contributed by atoms with van der Waals surface area (Å²) in [6.45, 7) is 2.75. The van der Waals surface area contributed by atoms with Crippen molar-refractivity contribution in [2.75, 3.05) is 6.61 Å². The van der Waals surface area contributed by atoms with E-state index in [1.165, 1.54) is 0 Å². The van der Waals surface area contributed by atoms with Crippen molar-refractivity contribution >= 4 is 5.78 Å². The van der Waals surface area contributed by atoms with Gasteiger partial charge in [-0.1, -0.05) is 6.92 Å². The Labute approximate surface area is 148 Å². The average molecular weight is 337 g/mol. The van der Waals surface area contributed by atoms with Gasteiger partial charge in [0.25, 0.3) is 0 Å². The van der Waals surface area contributed by atoms with Crippen LogP contribution in [0.1, 0.15) is 35.1 Å². The second-order valence-corrected chi connectivity index (χ2v) is 5.97. The van der Waals surface area contributed by atoms with Crippen LogP contribution in [0, 0.1) is 0 Å². The third kappa shape index (κ3) is 3.94. The van der Waals surface area contributed by atoms with Crippen molar-refractivity contribution in [3.05, 3.63) is 77.4 Å². The highest BCUT2D eigenvalue weighted by Crippen LogP contribution is 2.18. The van der Waals surface area contributed by atoms with Crippen LogP contribution in [0.3, 0.4) is 0 Å². The van der Waals surface area contributed by atoms with E-state index in [4.69, 9.17) is 4.74 Å². The maximum absolute atomic E-state index is 12.8. The zero-order chi connectivity index (χ0) is 17.6. The van der Waals surface area contributed by atoms with Crippen molar-refractivity contribution < 1.29 is 9.53 Å². The molecular weight excluding hydrogens is 314 g/mol. The molecule has 1 aliphatic heterocycles. The molecular formula is C20H23N3O2. The molecule has 0 bridgehead atoms. The number of hydrogen-bond donors (Lipinski definition) is 2. The van der Waals surface area contributed by atoms with Crippen LogP contribution in [-0.4, -0.2) is 17.0 Å². The molecule has 0 amide bonds. The predicted octanol–water partition coefficient (Wildman–Crippen LogP) is 3.09. The second kappa shape index (κ2) is 7.75. The van der Waals surface area contributed by atoms with Gasteiger partial charge in [0.05, 0.1) is 12.3 Å². The minimum Gasteiger partial charge on any atom is -0.494 e. The summed E-state index contributed by atoms with van der Waals surface area (Å²) in [7, 11) is 1.92. The molecule has 2 aromatic rings. The number of hydrogen-bond acceptors (Lipinski definition) is 4. The molecule has 0 saturated heterocycles. The van der Waals surface area contributed by atoms with E-state index in [1.54, 1.807) is 0 Å². The Hall–Kier alpha value is -2.95. The third-order valence-electron chi connectivity index (χ3n) is 4.13. The minimum absolute atomic E-state index is 0.0133. The summed E-state index contributed by atoms with van der Waals surface area (Å²) in [6, 6.07) is 11.2. The van der Waals surface area contributed by atoms with E-state index in [0.717, 1.165) is 30.0 Å². The van der Waals surface area contributed by atoms with Crippen molar-refractivity contribution in [1.82, 2.24) is 15.4 Å². The first-order valence-corrected chi connectivity index (χ1v) is 8.48. The van der Waals surface area contributed by atoms with Gasteiger partial charge < -0.3 is 20.2 Å². The molecule has 0 fully saturated rings. The molecule has 0 spiro atoms. The van der Waals surface area contributed by atoms with Gasteiger partial charge in [-0.05, 0) is 55.0 Å². The molecule has 130 valence electrons. The van der Waals surface area contributed by atoms with Crippen molar-refractivity contribution in [3.63, 3.8) is 0 Å². The van der Waals surface area contributed by atoms with E-state index in [9.17, 15) is 4.79 Å². The molecule has 0 aliphatic carbocycles. The smallest absolute Gasteiger partial charge is 0.209 e. The number of benzene rings is 1. The summed E-state index contributed by atoms with van der Waals surface area (Å²) in [6.07, 6.45) is 7.48. The molecule has 1 aliphatic rings. The normalized spacial score (nSPS) is 13.0. The quantitative estimate of drug-likeness (QED) is 0.763. The van der Waals surface area contributed by atoms with Crippen LogP contribution in [0.4, 0.5) is 0 Å². The molecule has 5 heteroatoms. The summed E-state index contributed by atoms with van der Waals surface area (Å²) in [5.74, 6) is 0.807. The fourth-order valence-corrected chi connectivity index (χ4v) is 2.72. The van der Waals surface area contributed by atoms with Crippen LogP contribution >= 0.6 is 0 Å². The fraction of sp³-hybridized carbons (Fsp3) is 0.250. The molecule has 2 N–H and O–H groups in total. The van der Waals surface area contributed by atoms with Gasteiger partial charge in [-0.25, -0.2) is 0 Å². The maximum atomic E-state index is 12.8. The fourth-order valence-electron chi connectivity index (χ4n) is 2.72. The number of allylic oxidation sites excluding steroid dienone is 3. The first kappa shape index (κ1) is 16.9. The number of rotatable bonds is 7. The lowest BCUT2D eigenvalue weighted by molar-refractivity contribution is 0.103. The number of ether oxygens (including phenoxy) is 1. The Morgan fingerprint density at radius 2 is 1.96 bits per heavy atom. The van der Waals surface area contributed by atoms with Gasteiger partial charge in [-0.3, -0.25) is 4.79 Å². The Morgan fingerprint density at radius 3 is 2.64 bits per heavy atom. The number of carbonyl (C=O) groups is 1. The van der Waals surface area contributed by atoms with Gasteiger partial charge in [0, 0.05) is 36.6 Å². The van der Waals surface area contributed by atoms with E-state index in [-0.39, 0.29) is 5.78 Å². The van der Waals surface area contributed by atoms with Crippen LogP contribution in [0.25, 0.3) is 0 Å². The number of nitrogens with one attached hydrogen (secondary N) is 2. The number of hydrazine groups is 1. The standard InChI is InChI=1S/C20H23N3O2/c1-3-13-25-18-9-6-15(7-10-18)20(24)19-11-8-17(23(19)2)14-16-5-4-12-21-22-16/h4-12,21-22H,3,13-14H2,1-2H3. The molecule has 25 heavy (non-hydrogen) atoms. The Balaban J connectivity index is 1.74. The Bertz CT molecular complexity index is 801. The SMILES string of the molecule is CCCOc1ccc(C(=O)c2ccc(CC3=CC=CNN3)n2C)cc1. The van der Waals surface area contributed by atoms with Gasteiger partial charge in [0.1, 0.15) is 5.75 Å². The third-order valence-corrected chi connectivity index (χ3v) is 4.13. The molecule has 3 rings (SSSR count). The molecule has 0 radical (unpaired) electrons. The van der Waals surface area contributed by atoms with Crippen molar-refractivity contribution in [3.8, 4) is 5.75 Å². The minimum atomic E-state index is 0.0133. The monoisotopic (exact) mass is 337 g/mol. The molecule has 2 heterocycles. The highest BCUT2D eigenvalue weighted by molar-refractivity contribution is 6.08. The molecule has 5 nitrogen and oxygen atoms in total. The first-order chi connectivity index (χ1) is 12.2. The van der Waals surface area contributed by atoms with Crippen LogP contribution in [0.2, 0.25) is 0 Å². The van der Waals surface area contributed by atoms with E-state index >= 15 is 0 Å². The van der Waals surface area contributed by atoms with Gasteiger partial charge in [-0.15, -0.1) is 0 Å². The summed E-state index contributed by atoms with van der Waals surface area (Å²) >= 11 is 0. The van der Waals surface area contributed by atoms with Gasteiger partial charge in [0.2, 0.25) is 5.78 Å². The first-order valence-electron chi connectivity index (χ1n) is 8.48. The number of ketones is 1. The second-order valence-electron chi connectivity index (χ2n) is 5.97. The van der Waals surface area contributed by atoms with Gasteiger partial charge in [-0.2, -0.15) is 0 Å². The van der Waals surface area contributed by atoms with Gasteiger partial charge >= 0.3 is 0 Å². The van der Waals surface area contributed by atoms with Crippen LogP contribution in [0.15, 0.2) is 60.4 Å². The summed E-state index contributed by atoms with van der Waals surface area (Å²) in [5, 5.41) is 0. The highest BCUT2D eigenvalue weighted by Gasteiger charge is 2.15. The lowest BCUT2D eigenvalue weighted by Crippen LogP contribution is -2.29. The molecule has 0 atom stereocenters. The van der Waals surface area contributed by atoms with Crippen LogP contribution < -0.4 is 15.6 Å². The molecule has 1 aromatic heterocycles. The van der Waals surface area contributed by atoms with Gasteiger partial charge in [0.15, 0.2) is 0 Å². The summed E-state index contributed by atoms with van der Waals surface area (Å²) in [4.78, 5) is 12.8. The molecule has 0 saturated carbocycles. The van der Waals surface area contributed by atoms with E-state index in [2.05, 4.69) is 17.8 Å². The molecule has 0 unspecified atom stereocenters. The zero-order valence-corrected chi connectivity index (χ0v) is 14.6. The zero-order valence-electron chi connectivity index (χ0n) is 14.6. The molecule has 1 aromatic carbocycles. The van der Waals surface area contributed by atoms with E-state index in [0.29, 0.717) is 17.9 Å². The van der Waals surface area contributed by atoms with E-state index in [1.807, 2.05) is 66.4 Å². The highest BCUT2D eigenvalue weighted by atomic mass is 16.5. The van der Waals surface area contributed by atoms with E-state index < -0.39 is 0 Å². The summed E-state index contributed by atoms with van der Waals surface area (Å²) in [5.41, 5.74) is 9.53. The topological polar surface area (TPSA) is 55.3 Å². The lowest BCUT2D eigenvalue weighted by atomic mass is 10.1. The van der Waals surface area contributed by atoms with Crippen LogP contribution in [-0.2, 0) is 13.5 Å². The van der Waals surface area contributed by atoms with Crippen LogP contribution in [0.5, 0.6) is 5.75 Å². The maximum Gasteiger partial charge on any atom is 0.209 e. The summed E-state index contributed by atoms with van der Waals surface area (Å²) < 4.78 is 7.52. The average Bonchev–Trinajstić information content (AvgIpc) is 3.01. The van der Waals surface area contributed by atoms with Crippen molar-refractivity contribution in [2.45, 2.75) is 19.8 Å². The Kier molecular flexibility index (Phi) is 5.23. The Morgan fingerprint density at radius 1 is 1.16 bits per heavy atom. The van der Waals surface area contributed by atoms with Crippen molar-refractivity contribution in [1.29, 1.82) is 0 Å². The van der Waals surface area contributed by atoms with Crippen molar-refractivity contribution in [2.24, 2.45) is 7.05 Å². The number of aromatic nitrogens is 1. The number of nitrogens with zero attached hydrogens (tertiary/aromatic N) is 1. The lowest BCUT2D eigenvalue weighted by Gasteiger charge is -2.14. The number of carbonyl (C=O) groups excluding carboxylic acids is 1. The predicted molar refractivity (Wildman–Crippen MR) is 98.3 cm³/mol. The largest absolute Gasteiger partial charge is 0.494 e.